The number of hydrogen-bond donors (Lipinski definition) is 2. The fourth-order valence-corrected chi connectivity index (χ4v) is 3.61. The molecule has 0 atom stereocenters. The Morgan fingerprint density at radius 1 is 1.06 bits per heavy atom. The number of fused-ring (bicyclic) bond motifs is 1. The van der Waals surface area contributed by atoms with E-state index in [2.05, 4.69) is 15.0 Å². The number of aryl methyl sites for hydroxylation is 3. The van der Waals surface area contributed by atoms with Crippen molar-refractivity contribution >= 4 is 23.1 Å². The zero-order valence-electron chi connectivity index (χ0n) is 18.8. The zero-order valence-corrected chi connectivity index (χ0v) is 18.8. The molecule has 0 fully saturated rings. The predicted octanol–water partition coefficient (Wildman–Crippen LogP) is 1.70. The van der Waals surface area contributed by atoms with E-state index in [1.54, 1.807) is 27.8 Å². The van der Waals surface area contributed by atoms with Crippen LogP contribution in [0.5, 0.6) is 0 Å². The van der Waals surface area contributed by atoms with E-state index >= 15 is 0 Å². The molecule has 0 aliphatic carbocycles. The van der Waals surface area contributed by atoms with Crippen LogP contribution in [0.15, 0.2) is 9.59 Å². The van der Waals surface area contributed by atoms with E-state index in [0.29, 0.717) is 29.2 Å². The molecule has 3 heterocycles. The van der Waals surface area contributed by atoms with Crippen molar-refractivity contribution in [1.82, 2.24) is 24.1 Å². The molecule has 11 nitrogen and oxygen atoms in total. The van der Waals surface area contributed by atoms with Gasteiger partial charge in [0.15, 0.2) is 11.2 Å². The molecule has 0 saturated carbocycles. The Labute approximate surface area is 183 Å². The van der Waals surface area contributed by atoms with E-state index in [9.17, 15) is 19.2 Å². The Kier molecular flexibility index (Phi) is 6.66. The minimum atomic E-state index is -0.675. The largest absolute Gasteiger partial charge is 0.462 e. The molecule has 0 amide bonds. The number of nitrogens with zero attached hydrogens (tertiary/aromatic N) is 3. The van der Waals surface area contributed by atoms with Crippen LogP contribution in [-0.2, 0) is 29.7 Å². The van der Waals surface area contributed by atoms with Gasteiger partial charge in [0, 0.05) is 19.3 Å². The van der Waals surface area contributed by atoms with Crippen LogP contribution >= 0.6 is 0 Å². The van der Waals surface area contributed by atoms with Crippen molar-refractivity contribution in [1.29, 1.82) is 0 Å². The Morgan fingerprint density at radius 2 is 1.78 bits per heavy atom. The average Bonchev–Trinajstić information content (AvgIpc) is 3.22. The van der Waals surface area contributed by atoms with E-state index in [1.165, 1.54) is 9.13 Å². The third kappa shape index (κ3) is 4.10. The van der Waals surface area contributed by atoms with Crippen molar-refractivity contribution in [2.45, 2.75) is 53.7 Å². The number of ether oxygens (including phenoxy) is 2. The van der Waals surface area contributed by atoms with Gasteiger partial charge in [0.1, 0.15) is 18.1 Å². The van der Waals surface area contributed by atoms with Crippen molar-refractivity contribution < 1.29 is 19.1 Å². The molecule has 3 aromatic rings. The maximum Gasteiger partial charge on any atom is 0.355 e. The van der Waals surface area contributed by atoms with E-state index < -0.39 is 23.2 Å². The maximum absolute atomic E-state index is 12.7. The monoisotopic (exact) mass is 445 g/mol. The van der Waals surface area contributed by atoms with Crippen molar-refractivity contribution in [2.24, 2.45) is 7.05 Å². The van der Waals surface area contributed by atoms with E-state index in [0.717, 1.165) is 12.8 Å². The van der Waals surface area contributed by atoms with Crippen LogP contribution in [-0.4, -0.2) is 42.6 Å². The highest BCUT2D eigenvalue weighted by Crippen LogP contribution is 2.20. The Bertz CT molecular complexity index is 1290. The first-order chi connectivity index (χ1) is 15.2. The Morgan fingerprint density at radius 3 is 2.44 bits per heavy atom. The molecule has 0 aromatic carbocycles. The number of aromatic amines is 2. The standard InChI is InChI=1S/C21H27N5O6/c1-6-8-9-26-17-16(18(27)24-21(26)30)25(5)13(23-17)10-32-20(29)15-11(3)14(12(4)22-15)19(28)31-7-2/h22H,6-10H2,1-5H3,(H,24,27,30). The van der Waals surface area contributed by atoms with Crippen molar-refractivity contribution in [3.05, 3.63) is 49.2 Å². The molecular weight excluding hydrogens is 418 g/mol. The molecule has 0 radical (unpaired) electrons. The molecule has 0 aliphatic rings. The number of esters is 2. The summed E-state index contributed by atoms with van der Waals surface area (Å²) in [5, 5.41) is 0. The molecule has 3 rings (SSSR count). The van der Waals surface area contributed by atoms with Gasteiger partial charge in [0.25, 0.3) is 5.56 Å². The number of rotatable bonds is 8. The van der Waals surface area contributed by atoms with Crippen LogP contribution in [0.25, 0.3) is 11.2 Å². The summed E-state index contributed by atoms with van der Waals surface area (Å²) in [6, 6.07) is 0. The topological polar surface area (TPSA) is 141 Å². The van der Waals surface area contributed by atoms with Crippen LogP contribution in [0.1, 0.15) is 64.6 Å². The fourth-order valence-electron chi connectivity index (χ4n) is 3.61. The van der Waals surface area contributed by atoms with Gasteiger partial charge in [0.2, 0.25) is 0 Å². The highest BCUT2D eigenvalue weighted by Gasteiger charge is 2.24. The van der Waals surface area contributed by atoms with Crippen molar-refractivity contribution in [2.75, 3.05) is 6.61 Å². The van der Waals surface area contributed by atoms with Gasteiger partial charge in [-0.2, -0.15) is 0 Å². The number of aromatic nitrogens is 5. The average molecular weight is 445 g/mol. The lowest BCUT2D eigenvalue weighted by atomic mass is 10.1. The number of hydrogen-bond acceptors (Lipinski definition) is 7. The summed E-state index contributed by atoms with van der Waals surface area (Å²) in [5.74, 6) is -0.885. The first-order valence-electron chi connectivity index (χ1n) is 10.4. The molecular formula is C21H27N5O6. The predicted molar refractivity (Wildman–Crippen MR) is 116 cm³/mol. The number of nitrogens with one attached hydrogen (secondary N) is 2. The van der Waals surface area contributed by atoms with Crippen LogP contribution in [0.2, 0.25) is 0 Å². The number of carbonyl (C=O) groups excluding carboxylic acids is 2. The van der Waals surface area contributed by atoms with E-state index in [4.69, 9.17) is 9.47 Å². The van der Waals surface area contributed by atoms with Crippen LogP contribution in [0.4, 0.5) is 0 Å². The van der Waals surface area contributed by atoms with Crippen LogP contribution in [0.3, 0.4) is 0 Å². The van der Waals surface area contributed by atoms with Gasteiger partial charge in [-0.3, -0.25) is 14.3 Å². The second-order valence-corrected chi connectivity index (χ2v) is 7.45. The SMILES string of the molecule is CCCCn1c(=O)[nH]c(=O)c2c1nc(COC(=O)c1[nH]c(C)c(C(=O)OCC)c1C)n2C. The third-order valence-corrected chi connectivity index (χ3v) is 5.29. The molecule has 0 saturated heterocycles. The molecule has 0 unspecified atom stereocenters. The summed E-state index contributed by atoms with van der Waals surface area (Å²) in [5.41, 5.74) is 0.764. The molecule has 0 spiro atoms. The van der Waals surface area contributed by atoms with Gasteiger partial charge >= 0.3 is 17.6 Å². The number of carbonyl (C=O) groups is 2. The highest BCUT2D eigenvalue weighted by molar-refractivity contribution is 5.98. The van der Waals surface area contributed by atoms with Gasteiger partial charge in [-0.1, -0.05) is 13.3 Å². The third-order valence-electron chi connectivity index (χ3n) is 5.29. The molecule has 11 heteroatoms. The first kappa shape index (κ1) is 23.0. The van der Waals surface area contributed by atoms with Crippen LogP contribution in [0, 0.1) is 13.8 Å². The quantitative estimate of drug-likeness (QED) is 0.503. The lowest BCUT2D eigenvalue weighted by Gasteiger charge is -2.05. The molecule has 0 bridgehead atoms. The lowest BCUT2D eigenvalue weighted by molar-refractivity contribution is 0.0452. The molecule has 2 N–H and O–H groups in total. The second kappa shape index (κ2) is 9.25. The van der Waals surface area contributed by atoms with E-state index in [1.807, 2.05) is 6.92 Å². The second-order valence-electron chi connectivity index (χ2n) is 7.45. The normalized spacial score (nSPS) is 11.2. The minimum absolute atomic E-state index is 0.141. The maximum atomic E-state index is 12.7. The summed E-state index contributed by atoms with van der Waals surface area (Å²) in [7, 11) is 1.62. The van der Waals surface area contributed by atoms with Gasteiger partial charge in [-0.15, -0.1) is 0 Å². The van der Waals surface area contributed by atoms with Gasteiger partial charge in [-0.25, -0.2) is 19.4 Å². The Hall–Kier alpha value is -3.63. The summed E-state index contributed by atoms with van der Waals surface area (Å²) >= 11 is 0. The molecule has 0 aliphatic heterocycles. The minimum Gasteiger partial charge on any atom is -0.462 e. The zero-order chi connectivity index (χ0) is 23.6. The number of H-pyrrole nitrogens is 2. The lowest BCUT2D eigenvalue weighted by Crippen LogP contribution is -2.31. The molecule has 172 valence electrons. The summed E-state index contributed by atoms with van der Waals surface area (Å²) in [4.78, 5) is 59.0. The fraction of sp³-hybridized carbons (Fsp3) is 0.476. The number of unbranched alkanes of at least 4 members (excludes halogenated alkanes) is 1. The summed E-state index contributed by atoms with van der Waals surface area (Å²) < 4.78 is 13.3. The summed E-state index contributed by atoms with van der Waals surface area (Å²) in [6.07, 6.45) is 1.61. The van der Waals surface area contributed by atoms with E-state index in [-0.39, 0.29) is 30.1 Å². The number of imidazole rings is 1. The molecule has 32 heavy (non-hydrogen) atoms. The van der Waals surface area contributed by atoms with Crippen LogP contribution < -0.4 is 11.2 Å². The van der Waals surface area contributed by atoms with Crippen molar-refractivity contribution in [3.8, 4) is 0 Å². The summed E-state index contributed by atoms with van der Waals surface area (Å²) in [6.45, 7) is 7.41. The molecule has 3 aromatic heterocycles. The van der Waals surface area contributed by atoms with Gasteiger partial charge in [0.05, 0.1) is 12.2 Å². The Balaban J connectivity index is 1.89. The van der Waals surface area contributed by atoms with Crippen molar-refractivity contribution in [3.63, 3.8) is 0 Å². The smallest absolute Gasteiger partial charge is 0.355 e. The first-order valence-corrected chi connectivity index (χ1v) is 10.4. The van der Waals surface area contributed by atoms with Gasteiger partial charge in [-0.05, 0) is 32.8 Å². The van der Waals surface area contributed by atoms with Gasteiger partial charge < -0.3 is 19.0 Å². The highest BCUT2D eigenvalue weighted by atomic mass is 16.5.